The summed E-state index contributed by atoms with van der Waals surface area (Å²) in [6.07, 6.45) is 1.83. The second kappa shape index (κ2) is 6.18. The Labute approximate surface area is 109 Å². The van der Waals surface area contributed by atoms with Crippen LogP contribution in [0.2, 0.25) is 0 Å². The monoisotopic (exact) mass is 304 g/mol. The third-order valence-electron chi connectivity index (χ3n) is 2.38. The van der Waals surface area contributed by atoms with Gasteiger partial charge >= 0.3 is 0 Å². The average molecular weight is 305 g/mol. The Hall–Kier alpha value is -0.850. The van der Waals surface area contributed by atoms with Crippen LogP contribution in [0, 0.1) is 0 Å². The van der Waals surface area contributed by atoms with Crippen molar-refractivity contribution in [3.63, 3.8) is 0 Å². The van der Waals surface area contributed by atoms with Crippen molar-refractivity contribution in [2.75, 3.05) is 13.2 Å². The third kappa shape index (κ3) is 3.55. The molecule has 0 saturated heterocycles. The molecule has 1 heterocycles. The van der Waals surface area contributed by atoms with Crippen LogP contribution in [-0.4, -0.2) is 39.9 Å². The highest BCUT2D eigenvalue weighted by atomic mass is 79.9. The molecule has 17 heavy (non-hydrogen) atoms. The average Bonchev–Trinajstić information content (AvgIpc) is 2.68. The number of halogens is 1. The van der Waals surface area contributed by atoms with Crippen LogP contribution in [0.5, 0.6) is 0 Å². The van der Waals surface area contributed by atoms with Crippen molar-refractivity contribution < 1.29 is 15.0 Å². The van der Waals surface area contributed by atoms with Crippen LogP contribution in [0.1, 0.15) is 30.4 Å². The summed E-state index contributed by atoms with van der Waals surface area (Å²) in [5, 5.41) is 20.4. The number of rotatable bonds is 5. The summed E-state index contributed by atoms with van der Waals surface area (Å²) in [5.41, 5.74) is 0.499. The fourth-order valence-corrected chi connectivity index (χ4v) is 1.90. The zero-order chi connectivity index (χ0) is 13.0. The molecule has 0 bridgehead atoms. The minimum atomic E-state index is -0.628. The van der Waals surface area contributed by atoms with Gasteiger partial charge < -0.3 is 20.1 Å². The van der Waals surface area contributed by atoms with E-state index in [4.69, 9.17) is 10.2 Å². The standard InChI is InChI=1S/C11H17BrN2O3/c1-7(2)14-4-8(12)3-10(14)11(17)13-9(5-15)6-16/h3-4,7,9,15-16H,5-6H2,1-2H3,(H,13,17). The van der Waals surface area contributed by atoms with Gasteiger partial charge in [-0.3, -0.25) is 4.79 Å². The van der Waals surface area contributed by atoms with Gasteiger partial charge in [0.1, 0.15) is 5.69 Å². The van der Waals surface area contributed by atoms with Gasteiger partial charge in [-0.25, -0.2) is 0 Å². The van der Waals surface area contributed by atoms with Gasteiger partial charge in [0.15, 0.2) is 0 Å². The summed E-state index contributed by atoms with van der Waals surface area (Å²) in [4.78, 5) is 11.9. The number of nitrogens with one attached hydrogen (secondary N) is 1. The first-order chi connectivity index (χ1) is 7.99. The third-order valence-corrected chi connectivity index (χ3v) is 2.81. The molecule has 6 heteroatoms. The van der Waals surface area contributed by atoms with E-state index in [1.54, 1.807) is 6.07 Å². The summed E-state index contributed by atoms with van der Waals surface area (Å²) < 4.78 is 2.64. The Morgan fingerprint density at radius 2 is 2.06 bits per heavy atom. The molecule has 5 nitrogen and oxygen atoms in total. The molecular weight excluding hydrogens is 288 g/mol. The first-order valence-corrected chi connectivity index (χ1v) is 6.18. The van der Waals surface area contributed by atoms with Crippen LogP contribution >= 0.6 is 15.9 Å². The van der Waals surface area contributed by atoms with E-state index in [0.29, 0.717) is 5.69 Å². The van der Waals surface area contributed by atoms with Crippen LogP contribution in [0.25, 0.3) is 0 Å². The Bertz CT molecular complexity index is 386. The molecule has 0 aliphatic carbocycles. The Balaban J connectivity index is 2.88. The van der Waals surface area contributed by atoms with E-state index in [0.717, 1.165) is 4.47 Å². The largest absolute Gasteiger partial charge is 0.394 e. The maximum atomic E-state index is 11.9. The van der Waals surface area contributed by atoms with E-state index in [-0.39, 0.29) is 25.2 Å². The van der Waals surface area contributed by atoms with Crippen LogP contribution in [0.15, 0.2) is 16.7 Å². The Kier molecular flexibility index (Phi) is 5.17. The van der Waals surface area contributed by atoms with E-state index in [2.05, 4.69) is 21.2 Å². The van der Waals surface area contributed by atoms with Gasteiger partial charge in [-0.05, 0) is 35.8 Å². The number of carbonyl (C=O) groups excluding carboxylic acids is 1. The van der Waals surface area contributed by atoms with Crippen molar-refractivity contribution in [2.45, 2.75) is 25.9 Å². The van der Waals surface area contributed by atoms with Gasteiger partial charge in [0.25, 0.3) is 5.91 Å². The van der Waals surface area contributed by atoms with Crippen molar-refractivity contribution in [3.05, 3.63) is 22.4 Å². The highest BCUT2D eigenvalue weighted by Crippen LogP contribution is 2.19. The number of amides is 1. The lowest BCUT2D eigenvalue weighted by atomic mass is 10.3. The SMILES string of the molecule is CC(C)n1cc(Br)cc1C(=O)NC(CO)CO. The molecule has 0 aliphatic rings. The van der Waals surface area contributed by atoms with Crippen LogP contribution in [0.4, 0.5) is 0 Å². The van der Waals surface area contributed by atoms with E-state index in [1.807, 2.05) is 24.6 Å². The Morgan fingerprint density at radius 1 is 1.47 bits per heavy atom. The van der Waals surface area contributed by atoms with E-state index >= 15 is 0 Å². The number of aliphatic hydroxyl groups is 2. The summed E-state index contributed by atoms with van der Waals surface area (Å²) in [7, 11) is 0. The fourth-order valence-electron chi connectivity index (χ4n) is 1.46. The molecule has 0 atom stereocenters. The number of hydrogen-bond donors (Lipinski definition) is 3. The topological polar surface area (TPSA) is 74.5 Å². The van der Waals surface area contributed by atoms with Crippen molar-refractivity contribution in [2.24, 2.45) is 0 Å². The Morgan fingerprint density at radius 3 is 2.53 bits per heavy atom. The minimum absolute atomic E-state index is 0.156. The lowest BCUT2D eigenvalue weighted by molar-refractivity contribution is 0.0868. The summed E-state index contributed by atoms with van der Waals surface area (Å²) in [6, 6.07) is 1.24. The molecule has 0 spiro atoms. The van der Waals surface area contributed by atoms with Gasteiger partial charge in [0.2, 0.25) is 0 Å². The van der Waals surface area contributed by atoms with E-state index in [1.165, 1.54) is 0 Å². The fraction of sp³-hybridized carbons (Fsp3) is 0.545. The van der Waals surface area contributed by atoms with E-state index in [9.17, 15) is 4.79 Å². The van der Waals surface area contributed by atoms with Crippen molar-refractivity contribution in [3.8, 4) is 0 Å². The zero-order valence-corrected chi connectivity index (χ0v) is 11.4. The highest BCUT2D eigenvalue weighted by molar-refractivity contribution is 9.10. The minimum Gasteiger partial charge on any atom is -0.394 e. The van der Waals surface area contributed by atoms with Gasteiger partial charge in [0, 0.05) is 16.7 Å². The second-order valence-corrected chi connectivity index (χ2v) is 5.00. The molecular formula is C11H17BrN2O3. The number of aromatic nitrogens is 1. The molecule has 1 amide bonds. The van der Waals surface area contributed by atoms with Crippen LogP contribution < -0.4 is 5.32 Å². The van der Waals surface area contributed by atoms with Crippen LogP contribution in [-0.2, 0) is 0 Å². The molecule has 1 aromatic rings. The van der Waals surface area contributed by atoms with Crippen molar-refractivity contribution >= 4 is 21.8 Å². The quantitative estimate of drug-likeness (QED) is 0.757. The van der Waals surface area contributed by atoms with Crippen molar-refractivity contribution in [1.82, 2.24) is 9.88 Å². The molecule has 0 aromatic carbocycles. The highest BCUT2D eigenvalue weighted by Gasteiger charge is 2.17. The van der Waals surface area contributed by atoms with Gasteiger partial charge in [-0.15, -0.1) is 0 Å². The molecule has 0 unspecified atom stereocenters. The summed E-state index contributed by atoms with van der Waals surface area (Å²) in [5.74, 6) is -0.308. The first-order valence-electron chi connectivity index (χ1n) is 5.39. The van der Waals surface area contributed by atoms with Crippen molar-refractivity contribution in [1.29, 1.82) is 0 Å². The number of hydrogen-bond acceptors (Lipinski definition) is 3. The normalized spacial score (nSPS) is 11.2. The maximum absolute atomic E-state index is 11.9. The number of nitrogens with zero attached hydrogens (tertiary/aromatic N) is 1. The molecule has 1 rings (SSSR count). The predicted molar refractivity (Wildman–Crippen MR) is 67.9 cm³/mol. The smallest absolute Gasteiger partial charge is 0.268 e. The van der Waals surface area contributed by atoms with E-state index < -0.39 is 6.04 Å². The molecule has 0 aliphatic heterocycles. The number of aliphatic hydroxyl groups excluding tert-OH is 2. The maximum Gasteiger partial charge on any atom is 0.268 e. The van der Waals surface area contributed by atoms with Gasteiger partial charge in [0.05, 0.1) is 19.3 Å². The first kappa shape index (κ1) is 14.2. The summed E-state index contributed by atoms with van der Waals surface area (Å²) in [6.45, 7) is 3.37. The molecule has 0 fully saturated rings. The molecule has 1 aromatic heterocycles. The molecule has 96 valence electrons. The van der Waals surface area contributed by atoms with Crippen LogP contribution in [0.3, 0.4) is 0 Å². The lowest BCUT2D eigenvalue weighted by Gasteiger charge is -2.16. The second-order valence-electron chi connectivity index (χ2n) is 4.08. The van der Waals surface area contributed by atoms with Gasteiger partial charge in [-0.2, -0.15) is 0 Å². The molecule has 0 radical (unpaired) electrons. The zero-order valence-electron chi connectivity index (χ0n) is 9.85. The predicted octanol–water partition coefficient (Wildman–Crippen LogP) is 0.914. The molecule has 3 N–H and O–H groups in total. The van der Waals surface area contributed by atoms with Gasteiger partial charge in [-0.1, -0.05) is 0 Å². The molecule has 0 saturated carbocycles. The summed E-state index contributed by atoms with van der Waals surface area (Å²) >= 11 is 3.32. The lowest BCUT2D eigenvalue weighted by Crippen LogP contribution is -2.40. The number of carbonyl (C=O) groups is 1.